The molecule has 1 aromatic carbocycles. The van der Waals surface area contributed by atoms with Gasteiger partial charge in [0.1, 0.15) is 17.9 Å². The minimum absolute atomic E-state index is 0.140. The van der Waals surface area contributed by atoms with Crippen LogP contribution < -0.4 is 10.1 Å². The summed E-state index contributed by atoms with van der Waals surface area (Å²) < 4.78 is 10.5. The second kappa shape index (κ2) is 6.64. The van der Waals surface area contributed by atoms with Gasteiger partial charge < -0.3 is 14.8 Å². The number of hydrogen-bond donors (Lipinski definition) is 1. The minimum atomic E-state index is -0.551. The van der Waals surface area contributed by atoms with Gasteiger partial charge >= 0.3 is 5.97 Å². The molecule has 1 aliphatic heterocycles. The third-order valence-corrected chi connectivity index (χ3v) is 2.97. The number of ether oxygens (including phenoxy) is 2. The summed E-state index contributed by atoms with van der Waals surface area (Å²) in [6.45, 7) is 5.91. The van der Waals surface area contributed by atoms with Gasteiger partial charge in [0.15, 0.2) is 0 Å². The van der Waals surface area contributed by atoms with E-state index in [0.29, 0.717) is 6.61 Å². The van der Waals surface area contributed by atoms with Gasteiger partial charge in [0.2, 0.25) is 5.91 Å². The molecule has 118 valence electrons. The molecule has 1 heterocycles. The van der Waals surface area contributed by atoms with Gasteiger partial charge in [-0.05, 0) is 50.1 Å². The highest BCUT2D eigenvalue weighted by atomic mass is 16.6. The Morgan fingerprint density at radius 1 is 1.36 bits per heavy atom. The first-order chi connectivity index (χ1) is 10.3. The second-order valence-corrected chi connectivity index (χ2v) is 6.10. The lowest BCUT2D eigenvalue weighted by Crippen LogP contribution is -2.33. The molecule has 1 amide bonds. The zero-order chi connectivity index (χ0) is 16.2. The van der Waals surface area contributed by atoms with Crippen LogP contribution in [0.15, 0.2) is 24.3 Å². The van der Waals surface area contributed by atoms with Crippen LogP contribution in [-0.2, 0) is 20.7 Å². The largest absolute Gasteiger partial charge is 0.493 e. The van der Waals surface area contributed by atoms with Gasteiger partial charge in [0, 0.05) is 12.5 Å². The van der Waals surface area contributed by atoms with Gasteiger partial charge in [-0.1, -0.05) is 6.07 Å². The first-order valence-electron chi connectivity index (χ1n) is 7.27. The Balaban J connectivity index is 1.83. The lowest BCUT2D eigenvalue weighted by atomic mass is 10.1. The van der Waals surface area contributed by atoms with Gasteiger partial charge in [-0.25, -0.2) is 0 Å². The Hall–Kier alpha value is -2.30. The molecule has 0 aliphatic carbocycles. The highest BCUT2D eigenvalue weighted by Gasteiger charge is 2.16. The fourth-order valence-corrected chi connectivity index (χ4v) is 2.08. The first-order valence-corrected chi connectivity index (χ1v) is 7.27. The fraction of sp³-hybridized carbons (Fsp3) is 0.412. The van der Waals surface area contributed by atoms with E-state index in [1.165, 1.54) is 6.08 Å². The van der Waals surface area contributed by atoms with E-state index in [4.69, 9.17) is 9.47 Å². The highest BCUT2D eigenvalue weighted by molar-refractivity contribution is 5.93. The maximum absolute atomic E-state index is 11.7. The zero-order valence-corrected chi connectivity index (χ0v) is 13.1. The number of carbonyl (C=O) groups is 2. The third kappa shape index (κ3) is 4.91. The molecule has 0 aromatic heterocycles. The summed E-state index contributed by atoms with van der Waals surface area (Å²) >= 11 is 0. The summed E-state index contributed by atoms with van der Waals surface area (Å²) in [6.07, 6.45) is 4.01. The van der Waals surface area contributed by atoms with Crippen molar-refractivity contribution in [3.63, 3.8) is 0 Å². The monoisotopic (exact) mass is 303 g/mol. The van der Waals surface area contributed by atoms with E-state index in [-0.39, 0.29) is 12.5 Å². The summed E-state index contributed by atoms with van der Waals surface area (Å²) in [5.74, 6) is 0.123. The van der Waals surface area contributed by atoms with Crippen LogP contribution in [0, 0.1) is 0 Å². The molecule has 0 bridgehead atoms. The Kier molecular flexibility index (Phi) is 4.85. The molecule has 1 N–H and O–H groups in total. The number of amides is 1. The average Bonchev–Trinajstić information content (AvgIpc) is 2.88. The fourth-order valence-electron chi connectivity index (χ4n) is 2.08. The van der Waals surface area contributed by atoms with Gasteiger partial charge in [-0.2, -0.15) is 0 Å². The molecule has 5 nitrogen and oxygen atoms in total. The Bertz CT molecular complexity index is 599. The van der Waals surface area contributed by atoms with Crippen molar-refractivity contribution >= 4 is 18.0 Å². The average molecular weight is 303 g/mol. The molecule has 0 unspecified atom stereocenters. The molecule has 5 heteroatoms. The normalized spacial score (nSPS) is 13.6. The maximum Gasteiger partial charge on any atom is 0.325 e. The lowest BCUT2D eigenvalue weighted by molar-refractivity contribution is -0.154. The summed E-state index contributed by atoms with van der Waals surface area (Å²) in [5, 5.41) is 2.50. The van der Waals surface area contributed by atoms with Gasteiger partial charge in [-0.15, -0.1) is 0 Å². The Morgan fingerprint density at radius 2 is 2.14 bits per heavy atom. The van der Waals surface area contributed by atoms with Crippen molar-refractivity contribution in [1.82, 2.24) is 5.32 Å². The predicted molar refractivity (Wildman–Crippen MR) is 83.5 cm³/mol. The molecule has 0 saturated carbocycles. The summed E-state index contributed by atoms with van der Waals surface area (Å²) in [4.78, 5) is 23.2. The van der Waals surface area contributed by atoms with Crippen molar-refractivity contribution in [1.29, 1.82) is 0 Å². The van der Waals surface area contributed by atoms with Crippen LogP contribution in [0.4, 0.5) is 0 Å². The number of benzene rings is 1. The Labute approximate surface area is 130 Å². The number of hydrogen-bond acceptors (Lipinski definition) is 4. The van der Waals surface area contributed by atoms with Crippen LogP contribution in [0.3, 0.4) is 0 Å². The van der Waals surface area contributed by atoms with Crippen molar-refractivity contribution in [3.05, 3.63) is 35.4 Å². The van der Waals surface area contributed by atoms with Crippen molar-refractivity contribution in [2.45, 2.75) is 32.8 Å². The van der Waals surface area contributed by atoms with E-state index >= 15 is 0 Å². The van der Waals surface area contributed by atoms with Crippen molar-refractivity contribution in [2.75, 3.05) is 13.2 Å². The SMILES string of the molecule is CC(C)(C)OC(=O)CNC(=O)/C=C/c1ccc2c(c1)CCO2. The molecule has 0 radical (unpaired) electrons. The van der Waals surface area contributed by atoms with Crippen LogP contribution in [-0.4, -0.2) is 30.6 Å². The standard InChI is InChI=1S/C17H21NO4/c1-17(2,3)22-16(20)11-18-15(19)7-5-12-4-6-14-13(10-12)8-9-21-14/h4-7,10H,8-9,11H2,1-3H3,(H,18,19)/b7-5+. The summed E-state index contributed by atoms with van der Waals surface area (Å²) in [6, 6.07) is 5.79. The molecule has 0 saturated heterocycles. The maximum atomic E-state index is 11.7. The molecule has 0 spiro atoms. The number of carbonyl (C=O) groups excluding carboxylic acids is 2. The van der Waals surface area contributed by atoms with Crippen molar-refractivity contribution in [2.24, 2.45) is 0 Å². The zero-order valence-electron chi connectivity index (χ0n) is 13.1. The minimum Gasteiger partial charge on any atom is -0.493 e. The molecular weight excluding hydrogens is 282 g/mol. The molecular formula is C17H21NO4. The van der Waals surface area contributed by atoms with E-state index in [9.17, 15) is 9.59 Å². The van der Waals surface area contributed by atoms with Gasteiger partial charge in [0.25, 0.3) is 0 Å². The van der Waals surface area contributed by atoms with Crippen LogP contribution in [0.1, 0.15) is 31.9 Å². The molecule has 22 heavy (non-hydrogen) atoms. The van der Waals surface area contributed by atoms with Crippen LogP contribution >= 0.6 is 0 Å². The van der Waals surface area contributed by atoms with E-state index in [2.05, 4.69) is 5.32 Å². The van der Waals surface area contributed by atoms with Crippen LogP contribution in [0.25, 0.3) is 6.08 Å². The molecule has 1 aliphatic rings. The van der Waals surface area contributed by atoms with E-state index < -0.39 is 11.6 Å². The predicted octanol–water partition coefficient (Wildman–Crippen LogP) is 2.09. The van der Waals surface area contributed by atoms with Crippen molar-refractivity contribution in [3.8, 4) is 5.75 Å². The summed E-state index contributed by atoms with van der Waals surface area (Å²) in [5.41, 5.74) is 1.53. The van der Waals surface area contributed by atoms with E-state index in [0.717, 1.165) is 23.3 Å². The molecule has 1 aromatic rings. The highest BCUT2D eigenvalue weighted by Crippen LogP contribution is 2.26. The summed E-state index contributed by atoms with van der Waals surface area (Å²) in [7, 11) is 0. The van der Waals surface area contributed by atoms with Crippen LogP contribution in [0.5, 0.6) is 5.75 Å². The van der Waals surface area contributed by atoms with E-state index in [1.54, 1.807) is 26.8 Å². The topological polar surface area (TPSA) is 64.6 Å². The number of nitrogens with one attached hydrogen (secondary N) is 1. The quantitative estimate of drug-likeness (QED) is 0.683. The number of fused-ring (bicyclic) bond motifs is 1. The van der Waals surface area contributed by atoms with Crippen molar-refractivity contribution < 1.29 is 19.1 Å². The van der Waals surface area contributed by atoms with Crippen LogP contribution in [0.2, 0.25) is 0 Å². The van der Waals surface area contributed by atoms with Gasteiger partial charge in [0.05, 0.1) is 6.61 Å². The molecule has 0 atom stereocenters. The van der Waals surface area contributed by atoms with Gasteiger partial charge in [-0.3, -0.25) is 9.59 Å². The number of esters is 1. The van der Waals surface area contributed by atoms with E-state index in [1.807, 2.05) is 18.2 Å². The molecule has 0 fully saturated rings. The molecule has 2 rings (SSSR count). The third-order valence-electron chi connectivity index (χ3n) is 2.97. The smallest absolute Gasteiger partial charge is 0.325 e. The first kappa shape index (κ1) is 16.1. The number of rotatable bonds is 4. The lowest BCUT2D eigenvalue weighted by Gasteiger charge is -2.19. The second-order valence-electron chi connectivity index (χ2n) is 6.10. The Morgan fingerprint density at radius 3 is 2.86 bits per heavy atom.